The Hall–Kier alpha value is -4.37. The third kappa shape index (κ3) is 5.76. The second kappa shape index (κ2) is 12.7. The lowest BCUT2D eigenvalue weighted by Gasteiger charge is -2.26. The zero-order valence-electron chi connectivity index (χ0n) is 26.1. The molecule has 0 N–H and O–H groups in total. The Morgan fingerprint density at radius 3 is 1.82 bits per heavy atom. The summed E-state index contributed by atoms with van der Waals surface area (Å²) in [6.45, 7) is 1.97. The van der Waals surface area contributed by atoms with Gasteiger partial charge in [0.1, 0.15) is 28.2 Å². The van der Waals surface area contributed by atoms with Crippen LogP contribution in [-0.2, 0) is 22.0 Å². The molecule has 0 heterocycles. The van der Waals surface area contributed by atoms with Gasteiger partial charge in [0.15, 0.2) is 21.3 Å². The van der Waals surface area contributed by atoms with Crippen molar-refractivity contribution in [2.45, 2.75) is 30.3 Å². The van der Waals surface area contributed by atoms with E-state index in [1.165, 1.54) is 0 Å². The molecule has 0 spiro atoms. The highest BCUT2D eigenvalue weighted by Crippen LogP contribution is 2.53. The molecule has 5 rings (SSSR count). The molecule has 4 aromatic carbocycles. The predicted octanol–water partition coefficient (Wildman–Crippen LogP) is 6.44. The van der Waals surface area contributed by atoms with Crippen LogP contribution in [0.5, 0.6) is 34.5 Å². The molecule has 44 heavy (non-hydrogen) atoms. The zero-order chi connectivity index (χ0) is 31.6. The van der Waals surface area contributed by atoms with Crippen LogP contribution in [0.25, 0.3) is 0 Å². The summed E-state index contributed by atoms with van der Waals surface area (Å²) in [4.78, 5) is 0. The largest absolute Gasteiger partial charge is 0.497 e. The minimum Gasteiger partial charge on any atom is -0.497 e. The number of hydrogen-bond acceptors (Lipinski definition) is 8. The first-order valence-corrected chi connectivity index (χ1v) is 15.9. The summed E-state index contributed by atoms with van der Waals surface area (Å²) in [5.74, 6) is 2.65. The second-order valence-corrected chi connectivity index (χ2v) is 12.9. The Kier molecular flexibility index (Phi) is 8.97. The van der Waals surface area contributed by atoms with Crippen molar-refractivity contribution in [3.63, 3.8) is 0 Å². The Bertz CT molecular complexity index is 1760. The molecule has 232 valence electrons. The molecule has 0 aliphatic heterocycles. The van der Waals surface area contributed by atoms with Crippen LogP contribution < -0.4 is 28.4 Å². The Labute approximate surface area is 259 Å². The number of ether oxygens (including phenoxy) is 6. The van der Waals surface area contributed by atoms with Crippen molar-refractivity contribution in [1.82, 2.24) is 0 Å². The van der Waals surface area contributed by atoms with Crippen molar-refractivity contribution in [3.8, 4) is 34.5 Å². The first-order chi connectivity index (χ1) is 21.2. The minimum atomic E-state index is -3.91. The monoisotopic (exact) mass is 618 g/mol. The van der Waals surface area contributed by atoms with Crippen LogP contribution in [0.3, 0.4) is 0 Å². The number of aryl methyl sites for hydroxylation is 1. The zero-order valence-corrected chi connectivity index (χ0v) is 26.9. The lowest BCUT2D eigenvalue weighted by Crippen LogP contribution is -2.20. The molecule has 8 nitrogen and oxygen atoms in total. The van der Waals surface area contributed by atoms with Gasteiger partial charge in [-0.05, 0) is 59.9 Å². The van der Waals surface area contributed by atoms with Crippen LogP contribution in [0.4, 0.5) is 0 Å². The summed E-state index contributed by atoms with van der Waals surface area (Å²) in [6.07, 6.45) is 0.435. The van der Waals surface area contributed by atoms with Gasteiger partial charge in [-0.1, -0.05) is 35.9 Å². The summed E-state index contributed by atoms with van der Waals surface area (Å²) >= 11 is 0. The van der Waals surface area contributed by atoms with Gasteiger partial charge in [-0.2, -0.15) is 0 Å². The van der Waals surface area contributed by atoms with E-state index in [4.69, 9.17) is 28.4 Å². The molecule has 4 aromatic rings. The topological polar surface area (TPSA) is 89.5 Å². The van der Waals surface area contributed by atoms with Gasteiger partial charge >= 0.3 is 0 Å². The molecule has 0 aromatic heterocycles. The summed E-state index contributed by atoms with van der Waals surface area (Å²) in [5, 5.41) is -1.09. The van der Waals surface area contributed by atoms with Crippen molar-refractivity contribution in [3.05, 3.63) is 106 Å². The van der Waals surface area contributed by atoms with E-state index < -0.39 is 15.1 Å². The molecule has 0 bridgehead atoms. The quantitative estimate of drug-likeness (QED) is 0.201. The predicted molar refractivity (Wildman–Crippen MR) is 170 cm³/mol. The molecule has 0 saturated heterocycles. The van der Waals surface area contributed by atoms with Crippen molar-refractivity contribution >= 4 is 9.84 Å². The fourth-order valence-electron chi connectivity index (χ4n) is 6.11. The second-order valence-electron chi connectivity index (χ2n) is 10.8. The van der Waals surface area contributed by atoms with Crippen molar-refractivity contribution in [1.29, 1.82) is 0 Å². The molecule has 0 fully saturated rings. The molecule has 1 aliphatic carbocycles. The van der Waals surface area contributed by atoms with E-state index in [1.807, 2.05) is 61.5 Å². The first kappa shape index (κ1) is 31.1. The Morgan fingerprint density at radius 1 is 0.636 bits per heavy atom. The highest BCUT2D eigenvalue weighted by Gasteiger charge is 2.41. The molecule has 9 heteroatoms. The van der Waals surface area contributed by atoms with E-state index in [9.17, 15) is 8.42 Å². The van der Waals surface area contributed by atoms with Crippen LogP contribution in [0, 0.1) is 6.92 Å². The number of benzene rings is 4. The number of sulfone groups is 1. The van der Waals surface area contributed by atoms with Gasteiger partial charge in [-0.15, -0.1) is 0 Å². The van der Waals surface area contributed by atoms with Crippen LogP contribution in [-0.4, -0.2) is 51.1 Å². The molecule has 0 amide bonds. The van der Waals surface area contributed by atoms with Gasteiger partial charge in [0.2, 0.25) is 0 Å². The highest BCUT2D eigenvalue weighted by atomic mass is 32.2. The normalized spacial score (nSPS) is 15.8. The Balaban J connectivity index is 1.87. The Morgan fingerprint density at radius 2 is 1.23 bits per heavy atom. The molecule has 1 aliphatic rings. The third-order valence-electron chi connectivity index (χ3n) is 8.23. The van der Waals surface area contributed by atoms with Crippen molar-refractivity contribution in [2.75, 3.05) is 42.7 Å². The molecule has 0 saturated carbocycles. The van der Waals surface area contributed by atoms with E-state index in [-0.39, 0.29) is 11.7 Å². The summed E-state index contributed by atoms with van der Waals surface area (Å²) in [6, 6.07) is 20.5. The summed E-state index contributed by atoms with van der Waals surface area (Å²) in [7, 11) is 5.53. The van der Waals surface area contributed by atoms with Gasteiger partial charge in [0.05, 0.1) is 48.4 Å². The van der Waals surface area contributed by atoms with E-state index >= 15 is 0 Å². The maximum Gasteiger partial charge on any atom is 0.165 e. The molecule has 1 unspecified atom stereocenters. The first-order valence-electron chi connectivity index (χ1n) is 14.2. The fourth-order valence-corrected chi connectivity index (χ4v) is 8.14. The third-order valence-corrected chi connectivity index (χ3v) is 10.2. The van der Waals surface area contributed by atoms with Gasteiger partial charge in [0, 0.05) is 29.2 Å². The fraction of sp³-hybridized carbons (Fsp3) is 0.314. The number of fused-ring (bicyclic) bond motifs is 2. The van der Waals surface area contributed by atoms with E-state index in [2.05, 4.69) is 0 Å². The number of hydrogen-bond donors (Lipinski definition) is 0. The lowest BCUT2D eigenvalue weighted by atomic mass is 9.84. The van der Waals surface area contributed by atoms with Crippen LogP contribution in [0.1, 0.15) is 50.1 Å². The van der Waals surface area contributed by atoms with Crippen LogP contribution >= 0.6 is 0 Å². The number of methoxy groups -OCH3 is 6. The maximum atomic E-state index is 14.8. The van der Waals surface area contributed by atoms with E-state index in [0.717, 1.165) is 22.3 Å². The SMILES string of the molecule is COc1cc2c(c(OC)c1)C(S(=O)(=O)Cc1ccc(C)cc1)c1cc(OC)cc(OC)c1[C@@H](c1ccc(OC)c(OC)c1)C2. The van der Waals surface area contributed by atoms with Crippen molar-refractivity contribution < 1.29 is 36.8 Å². The molecule has 0 radical (unpaired) electrons. The number of rotatable bonds is 10. The standard InChI is InChI=1S/C35H38O8S/c1-21-8-10-22(11-9-21)20-44(36,37)35-28-17-26(39-3)19-32(43-7)34(28)27(23-12-13-29(40-4)30(16-23)41-5)15-24-14-25(38-2)18-31(42-6)33(24)35/h8-14,16-19,27,35H,15,20H2,1-7H3/t27-,35?/m1/s1. The van der Waals surface area contributed by atoms with Gasteiger partial charge in [-0.3, -0.25) is 0 Å². The minimum absolute atomic E-state index is 0.174. The average molecular weight is 619 g/mol. The van der Waals surface area contributed by atoms with Crippen LogP contribution in [0.2, 0.25) is 0 Å². The lowest BCUT2D eigenvalue weighted by molar-refractivity contribution is 0.354. The molecule has 2 atom stereocenters. The van der Waals surface area contributed by atoms with Gasteiger partial charge < -0.3 is 28.4 Å². The summed E-state index contributed by atoms with van der Waals surface area (Å²) in [5.41, 5.74) is 5.32. The smallest absolute Gasteiger partial charge is 0.165 e. The average Bonchev–Trinajstić information content (AvgIpc) is 3.19. The van der Waals surface area contributed by atoms with Gasteiger partial charge in [-0.25, -0.2) is 8.42 Å². The highest BCUT2D eigenvalue weighted by molar-refractivity contribution is 7.91. The van der Waals surface area contributed by atoms with Crippen LogP contribution in [0.15, 0.2) is 66.7 Å². The molecular formula is C35H38O8S. The van der Waals surface area contributed by atoms with E-state index in [0.29, 0.717) is 57.6 Å². The van der Waals surface area contributed by atoms with Crippen molar-refractivity contribution in [2.24, 2.45) is 0 Å². The maximum absolute atomic E-state index is 14.8. The summed E-state index contributed by atoms with van der Waals surface area (Å²) < 4.78 is 63.9. The molecular weight excluding hydrogens is 580 g/mol. The van der Waals surface area contributed by atoms with Gasteiger partial charge in [0.25, 0.3) is 0 Å². The van der Waals surface area contributed by atoms with E-state index in [1.54, 1.807) is 54.8 Å².